The standard InChI is InChI=1S/C28H21N3S/c1-18-29-27(23-14-6-5-12-20(23)19-10-3-2-4-11-19)31-28(30-18)24-16-9-15-22-21-13-7-8-17-25(21)32-26(22)24/h2-17,21,25H,1H3. The Morgan fingerprint density at radius 3 is 2.19 bits per heavy atom. The fourth-order valence-corrected chi connectivity index (χ4v) is 5.96. The van der Waals surface area contributed by atoms with Crippen LogP contribution in [0.25, 0.3) is 33.9 Å². The molecule has 3 nitrogen and oxygen atoms in total. The molecule has 1 aliphatic heterocycles. The topological polar surface area (TPSA) is 38.7 Å². The van der Waals surface area contributed by atoms with Crippen LogP contribution in [-0.2, 0) is 0 Å². The Balaban J connectivity index is 1.49. The van der Waals surface area contributed by atoms with Crippen LogP contribution in [0.5, 0.6) is 0 Å². The van der Waals surface area contributed by atoms with Gasteiger partial charge in [-0.3, -0.25) is 0 Å². The highest BCUT2D eigenvalue weighted by molar-refractivity contribution is 8.00. The average molecular weight is 432 g/mol. The van der Waals surface area contributed by atoms with Crippen LogP contribution in [0.1, 0.15) is 17.3 Å². The molecule has 6 rings (SSSR count). The molecule has 0 amide bonds. The van der Waals surface area contributed by atoms with E-state index in [2.05, 4.69) is 85.0 Å². The normalized spacial score (nSPS) is 18.4. The highest BCUT2D eigenvalue weighted by Crippen LogP contribution is 2.51. The lowest BCUT2D eigenvalue weighted by atomic mass is 9.91. The fourth-order valence-electron chi connectivity index (χ4n) is 4.51. The maximum absolute atomic E-state index is 4.98. The molecule has 2 heterocycles. The van der Waals surface area contributed by atoms with E-state index in [-0.39, 0.29) is 0 Å². The molecular weight excluding hydrogens is 410 g/mol. The van der Waals surface area contributed by atoms with Crippen LogP contribution >= 0.6 is 11.8 Å². The molecule has 0 N–H and O–H groups in total. The maximum Gasteiger partial charge on any atom is 0.164 e. The minimum Gasteiger partial charge on any atom is -0.213 e. The van der Waals surface area contributed by atoms with Crippen molar-refractivity contribution in [3.05, 3.63) is 108 Å². The van der Waals surface area contributed by atoms with Gasteiger partial charge >= 0.3 is 0 Å². The highest BCUT2D eigenvalue weighted by Gasteiger charge is 2.33. The smallest absolute Gasteiger partial charge is 0.164 e. The van der Waals surface area contributed by atoms with Gasteiger partial charge in [0.15, 0.2) is 11.6 Å². The van der Waals surface area contributed by atoms with Crippen LogP contribution in [-0.4, -0.2) is 20.2 Å². The van der Waals surface area contributed by atoms with Crippen molar-refractivity contribution in [1.29, 1.82) is 0 Å². The summed E-state index contributed by atoms with van der Waals surface area (Å²) in [5, 5.41) is 0.442. The first-order valence-corrected chi connectivity index (χ1v) is 11.7. The Morgan fingerprint density at radius 1 is 0.656 bits per heavy atom. The number of benzene rings is 3. The van der Waals surface area contributed by atoms with Crippen LogP contribution in [0.15, 0.2) is 102 Å². The number of nitrogens with zero attached hydrogens (tertiary/aromatic N) is 3. The van der Waals surface area contributed by atoms with Gasteiger partial charge in [0.2, 0.25) is 0 Å². The summed E-state index contributed by atoms with van der Waals surface area (Å²) in [6.07, 6.45) is 8.88. The summed E-state index contributed by atoms with van der Waals surface area (Å²) in [6.45, 7) is 1.95. The van der Waals surface area contributed by atoms with Crippen molar-refractivity contribution in [2.75, 3.05) is 0 Å². The van der Waals surface area contributed by atoms with Crippen LogP contribution < -0.4 is 0 Å². The van der Waals surface area contributed by atoms with Gasteiger partial charge in [0, 0.05) is 27.2 Å². The van der Waals surface area contributed by atoms with Gasteiger partial charge in [-0.1, -0.05) is 97.1 Å². The van der Waals surface area contributed by atoms with Gasteiger partial charge in [-0.05, 0) is 23.6 Å². The molecule has 4 heteroatoms. The molecule has 0 spiro atoms. The van der Waals surface area contributed by atoms with Gasteiger partial charge in [-0.15, -0.1) is 11.8 Å². The second kappa shape index (κ2) is 7.88. The lowest BCUT2D eigenvalue weighted by Crippen LogP contribution is -2.06. The number of thioether (sulfide) groups is 1. The zero-order chi connectivity index (χ0) is 21.5. The van der Waals surface area contributed by atoms with Gasteiger partial charge in [0.05, 0.1) is 0 Å². The SMILES string of the molecule is Cc1nc(-c2ccccc2-c2ccccc2)nc(-c2cccc3c2SC2C=CC=CC32)n1. The average Bonchev–Trinajstić information content (AvgIpc) is 3.23. The van der Waals surface area contributed by atoms with Crippen molar-refractivity contribution >= 4 is 11.8 Å². The molecule has 2 unspecified atom stereocenters. The van der Waals surface area contributed by atoms with Gasteiger partial charge in [0.1, 0.15) is 5.82 Å². The molecule has 2 aliphatic rings. The largest absolute Gasteiger partial charge is 0.213 e. The van der Waals surface area contributed by atoms with Crippen molar-refractivity contribution in [2.45, 2.75) is 23.0 Å². The van der Waals surface area contributed by atoms with Gasteiger partial charge in [0.25, 0.3) is 0 Å². The molecule has 3 aromatic carbocycles. The third-order valence-electron chi connectivity index (χ3n) is 5.98. The van der Waals surface area contributed by atoms with Crippen molar-refractivity contribution < 1.29 is 0 Å². The Hall–Kier alpha value is -3.50. The monoisotopic (exact) mass is 431 g/mol. The van der Waals surface area contributed by atoms with Crippen molar-refractivity contribution in [3.8, 4) is 33.9 Å². The summed E-state index contributed by atoms with van der Waals surface area (Å²) in [5.74, 6) is 2.60. The Bertz CT molecular complexity index is 1370. The first kappa shape index (κ1) is 19.2. The summed E-state index contributed by atoms with van der Waals surface area (Å²) in [5.41, 5.74) is 5.75. The number of aryl methyl sites for hydroxylation is 1. The molecule has 0 radical (unpaired) electrons. The highest BCUT2D eigenvalue weighted by atomic mass is 32.2. The van der Waals surface area contributed by atoms with Crippen LogP contribution in [0.4, 0.5) is 0 Å². The second-order valence-corrected chi connectivity index (χ2v) is 9.23. The van der Waals surface area contributed by atoms with Gasteiger partial charge < -0.3 is 0 Å². The first-order valence-electron chi connectivity index (χ1n) is 10.8. The summed E-state index contributed by atoms with van der Waals surface area (Å²) in [7, 11) is 0. The predicted octanol–water partition coefficient (Wildman–Crippen LogP) is 6.86. The maximum atomic E-state index is 4.98. The number of allylic oxidation sites excluding steroid dienone is 3. The molecule has 2 atom stereocenters. The Morgan fingerprint density at radius 2 is 1.34 bits per heavy atom. The Labute approximate surface area is 192 Å². The predicted molar refractivity (Wildman–Crippen MR) is 132 cm³/mol. The molecule has 0 saturated carbocycles. The van der Waals surface area contributed by atoms with E-state index in [1.165, 1.54) is 10.5 Å². The van der Waals surface area contributed by atoms with Crippen LogP contribution in [0.2, 0.25) is 0 Å². The van der Waals surface area contributed by atoms with E-state index in [1.807, 2.05) is 30.8 Å². The lowest BCUT2D eigenvalue weighted by molar-refractivity contribution is 0.880. The summed E-state index contributed by atoms with van der Waals surface area (Å²) >= 11 is 1.91. The molecule has 4 aromatic rings. The number of aromatic nitrogens is 3. The Kier molecular flexibility index (Phi) is 4.73. The zero-order valence-corrected chi connectivity index (χ0v) is 18.5. The van der Waals surface area contributed by atoms with Crippen LogP contribution in [0.3, 0.4) is 0 Å². The van der Waals surface area contributed by atoms with Crippen LogP contribution in [0, 0.1) is 6.92 Å². The number of fused-ring (bicyclic) bond motifs is 3. The lowest BCUT2D eigenvalue weighted by Gasteiger charge is -2.14. The van der Waals surface area contributed by atoms with E-state index < -0.39 is 0 Å². The van der Waals surface area contributed by atoms with Gasteiger partial charge in [-0.25, -0.2) is 15.0 Å². The van der Waals surface area contributed by atoms with Crippen molar-refractivity contribution in [3.63, 3.8) is 0 Å². The number of hydrogen-bond acceptors (Lipinski definition) is 4. The fraction of sp³-hybridized carbons (Fsp3) is 0.107. The van der Waals surface area contributed by atoms with E-state index in [0.29, 0.717) is 17.0 Å². The molecule has 0 saturated heterocycles. The third kappa shape index (κ3) is 3.28. The van der Waals surface area contributed by atoms with Crippen molar-refractivity contribution in [1.82, 2.24) is 15.0 Å². The zero-order valence-electron chi connectivity index (χ0n) is 17.6. The minimum atomic E-state index is 0.418. The quantitative estimate of drug-likeness (QED) is 0.355. The van der Waals surface area contributed by atoms with E-state index in [0.717, 1.165) is 33.9 Å². The summed E-state index contributed by atoms with van der Waals surface area (Å²) in [4.78, 5) is 15.8. The van der Waals surface area contributed by atoms with E-state index in [1.54, 1.807) is 0 Å². The molecular formula is C28H21N3S. The molecule has 0 fully saturated rings. The van der Waals surface area contributed by atoms with Gasteiger partial charge in [-0.2, -0.15) is 0 Å². The van der Waals surface area contributed by atoms with E-state index in [9.17, 15) is 0 Å². The minimum absolute atomic E-state index is 0.418. The second-order valence-electron chi connectivity index (χ2n) is 8.04. The van der Waals surface area contributed by atoms with E-state index in [4.69, 9.17) is 15.0 Å². The first-order chi connectivity index (χ1) is 15.8. The number of hydrogen-bond donors (Lipinski definition) is 0. The molecule has 1 aliphatic carbocycles. The number of rotatable bonds is 3. The summed E-state index contributed by atoms with van der Waals surface area (Å²) < 4.78 is 0. The van der Waals surface area contributed by atoms with E-state index >= 15 is 0 Å². The summed E-state index contributed by atoms with van der Waals surface area (Å²) in [6, 6.07) is 25.2. The molecule has 1 aromatic heterocycles. The molecule has 32 heavy (non-hydrogen) atoms. The molecule has 0 bridgehead atoms. The molecule has 154 valence electrons. The van der Waals surface area contributed by atoms with Crippen molar-refractivity contribution in [2.24, 2.45) is 0 Å². The third-order valence-corrected chi connectivity index (χ3v) is 7.40.